The zero-order valence-corrected chi connectivity index (χ0v) is 21.3. The van der Waals surface area contributed by atoms with Crippen LogP contribution in [-0.4, -0.2) is 86.3 Å². The van der Waals surface area contributed by atoms with Crippen LogP contribution in [0.25, 0.3) is 0 Å². The lowest BCUT2D eigenvalue weighted by atomic mass is 9.85. The molecule has 2 unspecified atom stereocenters. The Balaban J connectivity index is 1.40. The summed E-state index contributed by atoms with van der Waals surface area (Å²) in [6, 6.07) is 18.4. The molecule has 0 radical (unpaired) electrons. The van der Waals surface area contributed by atoms with E-state index in [1.807, 2.05) is 62.6 Å². The lowest BCUT2D eigenvalue weighted by Gasteiger charge is -2.44. The minimum absolute atomic E-state index is 0.0149. The number of rotatable bonds is 11. The first-order valence-electron chi connectivity index (χ1n) is 12.9. The maximum absolute atomic E-state index is 15.7. The van der Waals surface area contributed by atoms with E-state index in [9.17, 15) is 9.59 Å². The molecule has 0 bridgehead atoms. The van der Waals surface area contributed by atoms with Crippen LogP contribution in [0.1, 0.15) is 36.0 Å². The highest BCUT2D eigenvalue weighted by Gasteiger charge is 2.51. The summed E-state index contributed by atoms with van der Waals surface area (Å²) >= 11 is 0. The number of para-hydroxylation sites is 1. The summed E-state index contributed by atoms with van der Waals surface area (Å²) in [5.74, 6) is -0.0666. The number of halogens is 1. The SMILES string of the molecule is CN(C)CCCNC(CC(F)N1CCC2(CC1)C(=O)NCN2c1ccccc1)C(=O)c1ccccc1. The number of ketones is 1. The van der Waals surface area contributed by atoms with Gasteiger partial charge >= 0.3 is 0 Å². The summed E-state index contributed by atoms with van der Waals surface area (Å²) in [5.41, 5.74) is 0.937. The number of alkyl halides is 1. The van der Waals surface area contributed by atoms with Gasteiger partial charge in [0, 0.05) is 30.8 Å². The predicted molar refractivity (Wildman–Crippen MR) is 141 cm³/mol. The molecule has 1 amide bonds. The lowest BCUT2D eigenvalue weighted by molar-refractivity contribution is -0.125. The molecule has 194 valence electrons. The van der Waals surface area contributed by atoms with Gasteiger partial charge in [0.25, 0.3) is 0 Å². The summed E-state index contributed by atoms with van der Waals surface area (Å²) in [5, 5.41) is 6.30. The largest absolute Gasteiger partial charge is 0.339 e. The Bertz CT molecular complexity index is 996. The van der Waals surface area contributed by atoms with Crippen molar-refractivity contribution in [3.8, 4) is 0 Å². The Kier molecular flexibility index (Phi) is 8.72. The average Bonchev–Trinajstić information content (AvgIpc) is 3.21. The van der Waals surface area contributed by atoms with E-state index in [4.69, 9.17) is 0 Å². The normalized spacial score (nSPS) is 19.4. The fraction of sp³-hybridized carbons (Fsp3) is 0.500. The van der Waals surface area contributed by atoms with E-state index in [0.29, 0.717) is 44.7 Å². The fourth-order valence-electron chi connectivity index (χ4n) is 5.31. The van der Waals surface area contributed by atoms with Crippen LogP contribution in [-0.2, 0) is 4.79 Å². The van der Waals surface area contributed by atoms with Crippen molar-refractivity contribution in [3.63, 3.8) is 0 Å². The van der Waals surface area contributed by atoms with Crippen LogP contribution in [0.4, 0.5) is 10.1 Å². The van der Waals surface area contributed by atoms with E-state index in [2.05, 4.69) is 20.4 Å². The Morgan fingerprint density at radius 3 is 2.36 bits per heavy atom. The van der Waals surface area contributed by atoms with Crippen molar-refractivity contribution in [2.45, 2.75) is 43.6 Å². The number of amides is 1. The topological polar surface area (TPSA) is 67.9 Å². The number of benzene rings is 2. The predicted octanol–water partition coefficient (Wildman–Crippen LogP) is 2.89. The molecule has 2 aromatic carbocycles. The molecule has 7 nitrogen and oxygen atoms in total. The van der Waals surface area contributed by atoms with Crippen molar-refractivity contribution in [2.75, 3.05) is 51.8 Å². The molecule has 0 saturated carbocycles. The van der Waals surface area contributed by atoms with Crippen molar-refractivity contribution in [1.82, 2.24) is 20.4 Å². The molecule has 4 rings (SSSR count). The second-order valence-electron chi connectivity index (χ2n) is 10.1. The number of carbonyl (C=O) groups is 2. The Labute approximate surface area is 213 Å². The third kappa shape index (κ3) is 5.94. The fourth-order valence-corrected chi connectivity index (χ4v) is 5.31. The first kappa shape index (κ1) is 26.3. The van der Waals surface area contributed by atoms with Gasteiger partial charge in [0.2, 0.25) is 5.91 Å². The summed E-state index contributed by atoms with van der Waals surface area (Å²) in [6.07, 6.45) is 0.774. The zero-order chi connectivity index (χ0) is 25.5. The number of hydrogen-bond donors (Lipinski definition) is 2. The Morgan fingerprint density at radius 2 is 1.72 bits per heavy atom. The molecular weight excluding hydrogens is 457 g/mol. The monoisotopic (exact) mass is 495 g/mol. The van der Waals surface area contributed by atoms with Crippen LogP contribution >= 0.6 is 0 Å². The van der Waals surface area contributed by atoms with Crippen LogP contribution in [0.5, 0.6) is 0 Å². The van der Waals surface area contributed by atoms with Crippen molar-refractivity contribution >= 4 is 17.4 Å². The number of Topliss-reactive ketones (excluding diaryl/α,β-unsaturated/α-hetero) is 1. The molecule has 8 heteroatoms. The number of carbonyl (C=O) groups excluding carboxylic acids is 2. The molecule has 2 saturated heterocycles. The molecular formula is C28H38FN5O2. The second kappa shape index (κ2) is 12.0. The minimum atomic E-state index is -1.27. The Hall–Kier alpha value is -2.81. The highest BCUT2D eigenvalue weighted by Crippen LogP contribution is 2.37. The number of nitrogens with one attached hydrogen (secondary N) is 2. The van der Waals surface area contributed by atoms with Crippen LogP contribution < -0.4 is 15.5 Å². The molecule has 2 aliphatic heterocycles. The van der Waals surface area contributed by atoms with Gasteiger partial charge in [-0.1, -0.05) is 48.5 Å². The van der Waals surface area contributed by atoms with Crippen molar-refractivity contribution in [3.05, 3.63) is 66.2 Å². The van der Waals surface area contributed by atoms with Crippen LogP contribution in [0.15, 0.2) is 60.7 Å². The average molecular weight is 496 g/mol. The molecule has 2 aliphatic rings. The molecule has 2 aromatic rings. The second-order valence-corrected chi connectivity index (χ2v) is 10.1. The van der Waals surface area contributed by atoms with Crippen molar-refractivity contribution < 1.29 is 14.0 Å². The van der Waals surface area contributed by atoms with Crippen LogP contribution in [0.2, 0.25) is 0 Å². The highest BCUT2D eigenvalue weighted by molar-refractivity contribution is 6.00. The molecule has 2 N–H and O–H groups in total. The summed E-state index contributed by atoms with van der Waals surface area (Å²) in [6.45, 7) is 2.93. The van der Waals surface area contributed by atoms with Gasteiger partial charge in [0.05, 0.1) is 12.7 Å². The molecule has 2 heterocycles. The molecule has 0 aliphatic carbocycles. The van der Waals surface area contributed by atoms with E-state index in [0.717, 1.165) is 18.7 Å². The van der Waals surface area contributed by atoms with E-state index >= 15 is 4.39 Å². The first-order valence-corrected chi connectivity index (χ1v) is 12.9. The molecule has 36 heavy (non-hydrogen) atoms. The van der Waals surface area contributed by atoms with Crippen LogP contribution in [0, 0.1) is 0 Å². The van der Waals surface area contributed by atoms with Gasteiger partial charge in [0.15, 0.2) is 12.1 Å². The standard InChI is InChI=1S/C28H38FN5O2/c1-32(2)17-9-16-30-24(26(35)22-10-5-3-6-11-22)20-25(29)33-18-14-28(15-19-33)27(36)31-21-34(28)23-12-7-4-8-13-23/h3-8,10-13,24-25,30H,9,14-21H2,1-2H3,(H,31,36). The Morgan fingerprint density at radius 1 is 1.08 bits per heavy atom. The van der Waals surface area contributed by atoms with Gasteiger partial charge in [0.1, 0.15) is 5.54 Å². The van der Waals surface area contributed by atoms with Crippen molar-refractivity contribution in [2.24, 2.45) is 0 Å². The zero-order valence-electron chi connectivity index (χ0n) is 21.3. The first-order chi connectivity index (χ1) is 17.4. The number of nitrogens with zero attached hydrogens (tertiary/aromatic N) is 3. The summed E-state index contributed by atoms with van der Waals surface area (Å²) in [4.78, 5) is 32.1. The van der Waals surface area contributed by atoms with Gasteiger partial charge in [-0.25, -0.2) is 4.39 Å². The molecule has 2 fully saturated rings. The van der Waals surface area contributed by atoms with E-state index < -0.39 is 17.9 Å². The summed E-state index contributed by atoms with van der Waals surface area (Å²) in [7, 11) is 4.02. The van der Waals surface area contributed by atoms with E-state index in [1.165, 1.54) is 0 Å². The van der Waals surface area contributed by atoms with Gasteiger partial charge in [-0.3, -0.25) is 14.5 Å². The van der Waals surface area contributed by atoms with Crippen molar-refractivity contribution in [1.29, 1.82) is 0 Å². The number of piperidine rings is 1. The maximum Gasteiger partial charge on any atom is 0.247 e. The number of anilines is 1. The summed E-state index contributed by atoms with van der Waals surface area (Å²) < 4.78 is 15.7. The van der Waals surface area contributed by atoms with Gasteiger partial charge < -0.3 is 20.4 Å². The van der Waals surface area contributed by atoms with Gasteiger partial charge in [-0.05, 0) is 58.6 Å². The van der Waals surface area contributed by atoms with Gasteiger partial charge in [-0.2, -0.15) is 0 Å². The molecule has 0 aromatic heterocycles. The quantitative estimate of drug-likeness (QED) is 0.284. The maximum atomic E-state index is 15.7. The van der Waals surface area contributed by atoms with Crippen LogP contribution in [0.3, 0.4) is 0 Å². The number of hydrogen-bond acceptors (Lipinski definition) is 6. The molecule has 2 atom stereocenters. The van der Waals surface area contributed by atoms with E-state index in [-0.39, 0.29) is 18.1 Å². The lowest BCUT2D eigenvalue weighted by Crippen LogP contribution is -2.58. The number of likely N-dealkylation sites (tertiary alicyclic amines) is 1. The highest BCUT2D eigenvalue weighted by atomic mass is 19.1. The third-order valence-electron chi connectivity index (χ3n) is 7.40. The third-order valence-corrected chi connectivity index (χ3v) is 7.40. The smallest absolute Gasteiger partial charge is 0.247 e. The van der Waals surface area contributed by atoms with Gasteiger partial charge in [-0.15, -0.1) is 0 Å². The molecule has 1 spiro atoms. The van der Waals surface area contributed by atoms with E-state index in [1.54, 1.807) is 17.0 Å². The minimum Gasteiger partial charge on any atom is -0.339 e.